The van der Waals surface area contributed by atoms with Gasteiger partial charge in [-0.1, -0.05) is 0 Å². The van der Waals surface area contributed by atoms with Crippen molar-refractivity contribution in [3.8, 4) is 0 Å². The van der Waals surface area contributed by atoms with E-state index in [2.05, 4.69) is 10.1 Å². The Kier molecular flexibility index (Phi) is 5.91. The van der Waals surface area contributed by atoms with E-state index in [0.717, 1.165) is 6.42 Å². The average molecular weight is 215 g/mol. The molecule has 0 atom stereocenters. The van der Waals surface area contributed by atoms with E-state index in [1.807, 2.05) is 0 Å². The van der Waals surface area contributed by atoms with E-state index in [-0.39, 0.29) is 6.61 Å². The fraction of sp³-hybridized carbons (Fsp3) is 0.778. The summed E-state index contributed by atoms with van der Waals surface area (Å²) in [4.78, 5) is 3.89. The summed E-state index contributed by atoms with van der Waals surface area (Å²) < 4.78 is 11.9. The lowest BCUT2D eigenvalue weighted by Crippen LogP contribution is -2.12. The van der Waals surface area contributed by atoms with Crippen molar-refractivity contribution >= 4 is 0 Å². The van der Waals surface area contributed by atoms with Crippen molar-refractivity contribution in [1.29, 1.82) is 0 Å². The minimum Gasteiger partial charge on any atom is -0.388 e. The van der Waals surface area contributed by atoms with Crippen LogP contribution in [0.4, 0.5) is 0 Å². The molecule has 0 aliphatic carbocycles. The van der Waals surface area contributed by atoms with Gasteiger partial charge in [0.1, 0.15) is 12.9 Å². The van der Waals surface area contributed by atoms with Gasteiger partial charge in [0.2, 0.25) is 0 Å². The lowest BCUT2D eigenvalue weighted by atomic mass is 10.5. The molecule has 0 spiro atoms. The van der Waals surface area contributed by atoms with Gasteiger partial charge < -0.3 is 14.6 Å². The highest BCUT2D eigenvalue weighted by Gasteiger charge is 2.01. The van der Waals surface area contributed by atoms with Crippen molar-refractivity contribution in [3.05, 3.63) is 12.2 Å². The van der Waals surface area contributed by atoms with Crippen LogP contribution in [0.5, 0.6) is 0 Å². The smallest absolute Gasteiger partial charge is 0.152 e. The SMILES string of the molecule is COCCCOCCn1ncnc1CO. The summed E-state index contributed by atoms with van der Waals surface area (Å²) in [5, 5.41) is 12.9. The van der Waals surface area contributed by atoms with Crippen LogP contribution in [0.1, 0.15) is 12.2 Å². The van der Waals surface area contributed by atoms with Gasteiger partial charge in [-0.15, -0.1) is 0 Å². The molecule has 0 bridgehead atoms. The zero-order valence-corrected chi connectivity index (χ0v) is 8.93. The Labute approximate surface area is 88.8 Å². The Bertz CT molecular complexity index is 265. The van der Waals surface area contributed by atoms with Gasteiger partial charge in [-0.3, -0.25) is 0 Å². The van der Waals surface area contributed by atoms with Crippen LogP contribution in [-0.4, -0.2) is 46.8 Å². The summed E-state index contributed by atoms with van der Waals surface area (Å²) in [7, 11) is 1.67. The van der Waals surface area contributed by atoms with Crippen molar-refractivity contribution in [2.75, 3.05) is 26.9 Å². The van der Waals surface area contributed by atoms with Crippen molar-refractivity contribution in [1.82, 2.24) is 14.8 Å². The van der Waals surface area contributed by atoms with E-state index in [1.54, 1.807) is 11.8 Å². The van der Waals surface area contributed by atoms with Crippen LogP contribution in [0, 0.1) is 0 Å². The van der Waals surface area contributed by atoms with E-state index < -0.39 is 0 Å². The first-order chi connectivity index (χ1) is 7.38. The zero-order chi connectivity index (χ0) is 10.9. The van der Waals surface area contributed by atoms with Gasteiger partial charge in [-0.2, -0.15) is 5.10 Å². The fourth-order valence-electron chi connectivity index (χ4n) is 1.16. The molecule has 1 heterocycles. The molecule has 0 amide bonds. The van der Waals surface area contributed by atoms with E-state index in [0.29, 0.717) is 32.2 Å². The maximum absolute atomic E-state index is 8.90. The maximum atomic E-state index is 8.90. The quantitative estimate of drug-likeness (QED) is 0.609. The van der Waals surface area contributed by atoms with E-state index in [1.165, 1.54) is 6.33 Å². The highest BCUT2D eigenvalue weighted by atomic mass is 16.5. The topological polar surface area (TPSA) is 69.4 Å². The molecule has 0 aromatic carbocycles. The number of nitrogens with zero attached hydrogens (tertiary/aromatic N) is 3. The number of aliphatic hydroxyl groups is 1. The molecule has 0 saturated carbocycles. The summed E-state index contributed by atoms with van der Waals surface area (Å²) in [5.41, 5.74) is 0. The minimum atomic E-state index is -0.0936. The van der Waals surface area contributed by atoms with E-state index in [9.17, 15) is 0 Å². The molecule has 86 valence electrons. The van der Waals surface area contributed by atoms with Crippen molar-refractivity contribution in [2.24, 2.45) is 0 Å². The lowest BCUT2D eigenvalue weighted by molar-refractivity contribution is 0.0948. The highest BCUT2D eigenvalue weighted by molar-refractivity contribution is 4.80. The molecule has 1 N–H and O–H groups in total. The Morgan fingerprint density at radius 1 is 1.40 bits per heavy atom. The summed E-state index contributed by atoms with van der Waals surface area (Å²) in [6, 6.07) is 0. The van der Waals surface area contributed by atoms with E-state index >= 15 is 0 Å². The maximum Gasteiger partial charge on any atom is 0.152 e. The number of hydrogen-bond acceptors (Lipinski definition) is 5. The zero-order valence-electron chi connectivity index (χ0n) is 8.93. The first-order valence-electron chi connectivity index (χ1n) is 4.92. The van der Waals surface area contributed by atoms with Gasteiger partial charge in [0, 0.05) is 20.3 Å². The van der Waals surface area contributed by atoms with Gasteiger partial charge >= 0.3 is 0 Å². The van der Waals surface area contributed by atoms with Gasteiger partial charge in [0.05, 0.1) is 13.2 Å². The molecule has 1 aromatic rings. The standard InChI is InChI=1S/C9H17N3O3/c1-14-4-2-5-15-6-3-12-9(7-13)10-8-11-12/h8,13H,2-7H2,1H3. The summed E-state index contributed by atoms with van der Waals surface area (Å²) in [6.07, 6.45) is 2.32. The second-order valence-electron chi connectivity index (χ2n) is 3.02. The average Bonchev–Trinajstić information content (AvgIpc) is 2.70. The van der Waals surface area contributed by atoms with E-state index in [4.69, 9.17) is 14.6 Å². The number of aliphatic hydroxyl groups excluding tert-OH is 1. The predicted octanol–water partition coefficient (Wildman–Crippen LogP) is -0.177. The third kappa shape index (κ3) is 4.37. The normalized spacial score (nSPS) is 10.8. The lowest BCUT2D eigenvalue weighted by Gasteiger charge is -2.05. The second-order valence-corrected chi connectivity index (χ2v) is 3.02. The highest BCUT2D eigenvalue weighted by Crippen LogP contribution is 1.93. The molecule has 15 heavy (non-hydrogen) atoms. The molecule has 0 fully saturated rings. The Balaban J connectivity index is 2.09. The third-order valence-electron chi connectivity index (χ3n) is 1.92. The number of hydrogen-bond donors (Lipinski definition) is 1. The molecule has 6 heteroatoms. The molecule has 0 aliphatic rings. The van der Waals surface area contributed by atoms with Gasteiger partial charge in [0.25, 0.3) is 0 Å². The Hall–Kier alpha value is -0.980. The molecule has 0 saturated heterocycles. The van der Waals surface area contributed by atoms with Crippen molar-refractivity contribution < 1.29 is 14.6 Å². The molecule has 0 radical (unpaired) electrons. The molecule has 1 aromatic heterocycles. The van der Waals surface area contributed by atoms with Gasteiger partial charge in [-0.25, -0.2) is 9.67 Å². The summed E-state index contributed by atoms with van der Waals surface area (Å²) in [6.45, 7) is 2.48. The monoisotopic (exact) mass is 215 g/mol. The largest absolute Gasteiger partial charge is 0.388 e. The van der Waals surface area contributed by atoms with Crippen LogP contribution in [0.2, 0.25) is 0 Å². The number of ether oxygens (including phenoxy) is 2. The first-order valence-corrected chi connectivity index (χ1v) is 4.92. The third-order valence-corrected chi connectivity index (χ3v) is 1.92. The van der Waals surface area contributed by atoms with Gasteiger partial charge in [-0.05, 0) is 6.42 Å². The second kappa shape index (κ2) is 7.33. The van der Waals surface area contributed by atoms with Crippen LogP contribution < -0.4 is 0 Å². The molecular formula is C9H17N3O3. The number of rotatable bonds is 8. The van der Waals surface area contributed by atoms with Crippen molar-refractivity contribution in [3.63, 3.8) is 0 Å². The summed E-state index contributed by atoms with van der Waals surface area (Å²) in [5.74, 6) is 0.565. The Morgan fingerprint density at radius 2 is 2.27 bits per heavy atom. The van der Waals surface area contributed by atoms with Crippen molar-refractivity contribution in [2.45, 2.75) is 19.6 Å². The van der Waals surface area contributed by atoms with Crippen LogP contribution in [0.15, 0.2) is 6.33 Å². The molecule has 0 aliphatic heterocycles. The van der Waals surface area contributed by atoms with Crippen LogP contribution in [0.3, 0.4) is 0 Å². The van der Waals surface area contributed by atoms with Crippen LogP contribution >= 0.6 is 0 Å². The van der Waals surface area contributed by atoms with Crippen LogP contribution in [0.25, 0.3) is 0 Å². The molecule has 6 nitrogen and oxygen atoms in total. The molecule has 0 unspecified atom stereocenters. The number of methoxy groups -OCH3 is 1. The first kappa shape index (κ1) is 12.1. The Morgan fingerprint density at radius 3 is 3.00 bits per heavy atom. The molecular weight excluding hydrogens is 198 g/mol. The number of aromatic nitrogens is 3. The predicted molar refractivity (Wildman–Crippen MR) is 53.3 cm³/mol. The van der Waals surface area contributed by atoms with Crippen LogP contribution in [-0.2, 0) is 22.6 Å². The molecule has 1 rings (SSSR count). The summed E-state index contributed by atoms with van der Waals surface area (Å²) >= 11 is 0. The fourth-order valence-corrected chi connectivity index (χ4v) is 1.16. The van der Waals surface area contributed by atoms with Gasteiger partial charge in [0.15, 0.2) is 5.82 Å². The minimum absolute atomic E-state index is 0.0936.